The van der Waals surface area contributed by atoms with Gasteiger partial charge in [-0.2, -0.15) is 0 Å². The van der Waals surface area contributed by atoms with E-state index in [1.54, 1.807) is 0 Å². The summed E-state index contributed by atoms with van der Waals surface area (Å²) in [5.41, 5.74) is 0.934. The molecule has 0 bridgehead atoms. The minimum absolute atomic E-state index is 0.0237. The molecule has 0 amide bonds. The van der Waals surface area contributed by atoms with Gasteiger partial charge >= 0.3 is 0 Å². The van der Waals surface area contributed by atoms with E-state index in [1.807, 2.05) is 6.20 Å². The molecular weight excluding hydrogens is 332 g/mol. The summed E-state index contributed by atoms with van der Waals surface area (Å²) in [5.74, 6) is 1.06. The number of likely N-dealkylation sites (N-methyl/N-ethyl adjacent to an activating group) is 1. The van der Waals surface area contributed by atoms with E-state index in [2.05, 4.69) is 52.0 Å². The summed E-state index contributed by atoms with van der Waals surface area (Å²) in [7, 11) is 0. The Balaban J connectivity index is 1.76. The van der Waals surface area contributed by atoms with Crippen molar-refractivity contribution in [1.82, 2.24) is 14.9 Å². The number of rotatable bonds is 4. The van der Waals surface area contributed by atoms with Crippen LogP contribution < -0.4 is 4.90 Å². The Kier molecular flexibility index (Phi) is 4.65. The van der Waals surface area contributed by atoms with Crippen molar-refractivity contribution in [2.24, 2.45) is 0 Å². The van der Waals surface area contributed by atoms with Gasteiger partial charge < -0.3 is 14.9 Å². The van der Waals surface area contributed by atoms with Crippen LogP contribution in [-0.4, -0.2) is 52.7 Å². The predicted molar refractivity (Wildman–Crippen MR) is 103 cm³/mol. The number of hydrogen-bond acceptors (Lipinski definition) is 6. The molecule has 2 aromatic heterocycles. The number of piperazine rings is 1. The van der Waals surface area contributed by atoms with Crippen LogP contribution in [0.5, 0.6) is 0 Å². The molecule has 5 nitrogen and oxygen atoms in total. The molecule has 1 fully saturated rings. The second-order valence-corrected chi connectivity index (χ2v) is 7.37. The first-order chi connectivity index (χ1) is 12.3. The highest BCUT2D eigenvalue weighted by atomic mass is 32.1. The molecule has 0 unspecified atom stereocenters. The van der Waals surface area contributed by atoms with Gasteiger partial charge in [-0.05, 0) is 18.0 Å². The van der Waals surface area contributed by atoms with Crippen LogP contribution in [0.25, 0.3) is 21.3 Å². The standard InChI is InChI=1S/C19H22N4OS/c1-2-22-7-9-23(10-8-22)19-15-6-4-3-5-14(15)11-16(21-19)17-12-20-18(13-24)25-17/h3-6,11-12,24H,2,7-10,13H2,1H3. The third-order valence-corrected chi connectivity index (χ3v) is 5.79. The Morgan fingerprint density at radius 2 is 1.96 bits per heavy atom. The molecule has 3 heterocycles. The zero-order valence-electron chi connectivity index (χ0n) is 14.4. The zero-order chi connectivity index (χ0) is 17.2. The molecular formula is C19H22N4OS. The minimum Gasteiger partial charge on any atom is -0.389 e. The van der Waals surface area contributed by atoms with Gasteiger partial charge in [-0.1, -0.05) is 31.2 Å². The van der Waals surface area contributed by atoms with Gasteiger partial charge in [0.2, 0.25) is 0 Å². The van der Waals surface area contributed by atoms with E-state index in [4.69, 9.17) is 4.98 Å². The zero-order valence-corrected chi connectivity index (χ0v) is 15.2. The van der Waals surface area contributed by atoms with Gasteiger partial charge in [-0.15, -0.1) is 11.3 Å². The van der Waals surface area contributed by atoms with Crippen LogP contribution in [0, 0.1) is 0 Å². The normalized spacial score (nSPS) is 15.8. The van der Waals surface area contributed by atoms with Crippen LogP contribution in [0.4, 0.5) is 5.82 Å². The summed E-state index contributed by atoms with van der Waals surface area (Å²) in [5, 5.41) is 12.4. The largest absolute Gasteiger partial charge is 0.389 e. The number of aliphatic hydroxyl groups excluding tert-OH is 1. The number of anilines is 1. The lowest BCUT2D eigenvalue weighted by Gasteiger charge is -2.35. The van der Waals surface area contributed by atoms with E-state index in [-0.39, 0.29) is 6.61 Å². The number of aliphatic hydroxyl groups is 1. The number of nitrogens with zero attached hydrogens (tertiary/aromatic N) is 4. The topological polar surface area (TPSA) is 52.5 Å². The Morgan fingerprint density at radius 1 is 1.16 bits per heavy atom. The highest BCUT2D eigenvalue weighted by molar-refractivity contribution is 7.15. The van der Waals surface area contributed by atoms with Gasteiger partial charge in [0.1, 0.15) is 10.8 Å². The Bertz CT molecular complexity index is 871. The van der Waals surface area contributed by atoms with E-state index in [0.717, 1.165) is 54.1 Å². The lowest BCUT2D eigenvalue weighted by atomic mass is 10.1. The van der Waals surface area contributed by atoms with Crippen molar-refractivity contribution in [2.45, 2.75) is 13.5 Å². The fourth-order valence-corrected chi connectivity index (χ4v) is 4.06. The maximum absolute atomic E-state index is 9.29. The summed E-state index contributed by atoms with van der Waals surface area (Å²) >= 11 is 1.50. The molecule has 1 aliphatic heterocycles. The first-order valence-corrected chi connectivity index (χ1v) is 9.53. The van der Waals surface area contributed by atoms with Crippen LogP contribution in [0.1, 0.15) is 11.9 Å². The number of aromatic nitrogens is 2. The molecule has 1 N–H and O–H groups in total. The van der Waals surface area contributed by atoms with Crippen molar-refractivity contribution in [1.29, 1.82) is 0 Å². The molecule has 6 heteroatoms. The Morgan fingerprint density at radius 3 is 2.68 bits per heavy atom. The summed E-state index contributed by atoms with van der Waals surface area (Å²) in [6.45, 7) is 7.44. The molecule has 0 atom stereocenters. The van der Waals surface area contributed by atoms with Crippen LogP contribution in [0.15, 0.2) is 36.5 Å². The first-order valence-electron chi connectivity index (χ1n) is 8.71. The van der Waals surface area contributed by atoms with Crippen molar-refractivity contribution >= 4 is 27.9 Å². The van der Waals surface area contributed by atoms with Crippen LogP contribution in [-0.2, 0) is 6.61 Å². The summed E-state index contributed by atoms with van der Waals surface area (Å²) in [4.78, 5) is 15.1. The minimum atomic E-state index is -0.0237. The molecule has 0 aliphatic carbocycles. The lowest BCUT2D eigenvalue weighted by molar-refractivity contribution is 0.271. The summed E-state index contributed by atoms with van der Waals surface area (Å²) in [6.07, 6.45) is 1.81. The molecule has 3 aromatic rings. The maximum atomic E-state index is 9.29. The van der Waals surface area contributed by atoms with Crippen molar-refractivity contribution in [3.05, 3.63) is 41.5 Å². The lowest BCUT2D eigenvalue weighted by Crippen LogP contribution is -2.46. The van der Waals surface area contributed by atoms with Gasteiger partial charge in [-0.3, -0.25) is 0 Å². The van der Waals surface area contributed by atoms with Gasteiger partial charge in [-0.25, -0.2) is 9.97 Å². The molecule has 25 heavy (non-hydrogen) atoms. The third-order valence-electron chi connectivity index (χ3n) is 4.78. The number of pyridine rings is 1. The van der Waals surface area contributed by atoms with E-state index in [9.17, 15) is 5.11 Å². The molecule has 0 radical (unpaired) electrons. The first kappa shape index (κ1) is 16.4. The van der Waals surface area contributed by atoms with E-state index >= 15 is 0 Å². The molecule has 4 rings (SSSR count). The van der Waals surface area contributed by atoms with Crippen molar-refractivity contribution in [2.75, 3.05) is 37.6 Å². The smallest absolute Gasteiger partial charge is 0.137 e. The highest BCUT2D eigenvalue weighted by Crippen LogP contribution is 2.32. The molecule has 1 aromatic carbocycles. The molecule has 1 saturated heterocycles. The molecule has 130 valence electrons. The second-order valence-electron chi connectivity index (χ2n) is 6.25. The Hall–Kier alpha value is -2.02. The van der Waals surface area contributed by atoms with Crippen LogP contribution in [0.3, 0.4) is 0 Å². The molecule has 0 saturated carbocycles. The van der Waals surface area contributed by atoms with Crippen LogP contribution >= 0.6 is 11.3 Å². The third kappa shape index (κ3) is 3.25. The summed E-state index contributed by atoms with van der Waals surface area (Å²) < 4.78 is 0. The number of hydrogen-bond donors (Lipinski definition) is 1. The number of fused-ring (bicyclic) bond motifs is 1. The van der Waals surface area contributed by atoms with Crippen molar-refractivity contribution in [3.8, 4) is 10.6 Å². The highest BCUT2D eigenvalue weighted by Gasteiger charge is 2.20. The van der Waals surface area contributed by atoms with E-state index in [1.165, 1.54) is 22.1 Å². The summed E-state index contributed by atoms with van der Waals surface area (Å²) in [6, 6.07) is 10.6. The fraction of sp³-hybridized carbons (Fsp3) is 0.368. The number of thiazole rings is 1. The van der Waals surface area contributed by atoms with Gasteiger partial charge in [0.25, 0.3) is 0 Å². The van der Waals surface area contributed by atoms with Gasteiger partial charge in [0.05, 0.1) is 17.2 Å². The average molecular weight is 354 g/mol. The quantitative estimate of drug-likeness (QED) is 0.781. The van der Waals surface area contributed by atoms with E-state index < -0.39 is 0 Å². The monoisotopic (exact) mass is 354 g/mol. The second kappa shape index (κ2) is 7.07. The van der Waals surface area contributed by atoms with Gasteiger partial charge in [0.15, 0.2) is 0 Å². The van der Waals surface area contributed by atoms with E-state index in [0.29, 0.717) is 0 Å². The maximum Gasteiger partial charge on any atom is 0.137 e. The average Bonchev–Trinajstić information content (AvgIpc) is 3.16. The fourth-order valence-electron chi connectivity index (χ4n) is 3.33. The van der Waals surface area contributed by atoms with Crippen molar-refractivity contribution < 1.29 is 5.11 Å². The van der Waals surface area contributed by atoms with Crippen LogP contribution in [0.2, 0.25) is 0 Å². The molecule has 1 aliphatic rings. The number of benzene rings is 1. The van der Waals surface area contributed by atoms with Crippen molar-refractivity contribution in [3.63, 3.8) is 0 Å². The predicted octanol–water partition coefficient (Wildman–Crippen LogP) is 2.99. The molecule has 0 spiro atoms. The van der Waals surface area contributed by atoms with Gasteiger partial charge in [0, 0.05) is 37.8 Å². The SMILES string of the molecule is CCN1CCN(c2nc(-c3cnc(CO)s3)cc3ccccc23)CC1. The Labute approximate surface area is 151 Å².